The summed E-state index contributed by atoms with van der Waals surface area (Å²) in [7, 11) is 1.32. The molecule has 0 saturated carbocycles. The maximum absolute atomic E-state index is 11.7. The van der Waals surface area contributed by atoms with Crippen LogP contribution < -0.4 is 5.73 Å². The van der Waals surface area contributed by atoms with Crippen molar-refractivity contribution in [3.63, 3.8) is 0 Å². The molecule has 2 rings (SSSR count). The van der Waals surface area contributed by atoms with Gasteiger partial charge in [-0.3, -0.25) is 4.79 Å². The molecular formula is C12H14N2O3. The first-order chi connectivity index (χ1) is 8.04. The van der Waals surface area contributed by atoms with E-state index in [-0.39, 0.29) is 5.91 Å². The van der Waals surface area contributed by atoms with Gasteiger partial charge in [-0.15, -0.1) is 0 Å². The minimum Gasteiger partial charge on any atom is -0.465 e. The van der Waals surface area contributed by atoms with E-state index in [1.54, 1.807) is 11.0 Å². The second-order valence-electron chi connectivity index (χ2n) is 4.03. The van der Waals surface area contributed by atoms with Gasteiger partial charge >= 0.3 is 5.97 Å². The summed E-state index contributed by atoms with van der Waals surface area (Å²) in [4.78, 5) is 24.7. The Kier molecular flexibility index (Phi) is 2.75. The number of amides is 1. The lowest BCUT2D eigenvalue weighted by Gasteiger charge is -2.12. The summed E-state index contributed by atoms with van der Waals surface area (Å²) >= 11 is 0. The molecule has 90 valence electrons. The third-order valence-electron chi connectivity index (χ3n) is 2.99. The van der Waals surface area contributed by atoms with Crippen molar-refractivity contribution in [3.8, 4) is 0 Å². The van der Waals surface area contributed by atoms with Crippen LogP contribution in [0.5, 0.6) is 0 Å². The van der Waals surface area contributed by atoms with Gasteiger partial charge in [0.2, 0.25) is 5.91 Å². The molecule has 1 aliphatic heterocycles. The molecule has 0 bridgehead atoms. The molecule has 0 unspecified atom stereocenters. The number of nitrogens with two attached hydrogens (primary N) is 1. The number of ether oxygens (including phenoxy) is 1. The molecule has 0 atom stereocenters. The van der Waals surface area contributed by atoms with Crippen molar-refractivity contribution in [1.29, 1.82) is 0 Å². The van der Waals surface area contributed by atoms with Gasteiger partial charge in [-0.2, -0.15) is 0 Å². The van der Waals surface area contributed by atoms with E-state index in [2.05, 4.69) is 0 Å². The van der Waals surface area contributed by atoms with Gasteiger partial charge < -0.3 is 15.4 Å². The highest BCUT2D eigenvalue weighted by Gasteiger charge is 2.27. The van der Waals surface area contributed by atoms with Crippen LogP contribution in [-0.2, 0) is 22.6 Å². The first-order valence-corrected chi connectivity index (χ1v) is 5.28. The van der Waals surface area contributed by atoms with Crippen molar-refractivity contribution in [2.75, 3.05) is 12.8 Å². The molecule has 0 aromatic heterocycles. The summed E-state index contributed by atoms with van der Waals surface area (Å²) in [5, 5.41) is 0. The van der Waals surface area contributed by atoms with Crippen LogP contribution in [0.25, 0.3) is 0 Å². The second kappa shape index (κ2) is 4.08. The van der Waals surface area contributed by atoms with E-state index in [0.717, 1.165) is 11.1 Å². The summed E-state index contributed by atoms with van der Waals surface area (Å²) < 4.78 is 4.72. The average molecular weight is 234 g/mol. The fourth-order valence-electron chi connectivity index (χ4n) is 2.06. The summed E-state index contributed by atoms with van der Waals surface area (Å²) in [6.07, 6.45) is 0. The Morgan fingerprint density at radius 3 is 2.65 bits per heavy atom. The Balaban J connectivity index is 2.47. The lowest BCUT2D eigenvalue weighted by atomic mass is 10.0. The molecule has 1 aromatic rings. The van der Waals surface area contributed by atoms with Crippen molar-refractivity contribution >= 4 is 17.6 Å². The molecule has 17 heavy (non-hydrogen) atoms. The van der Waals surface area contributed by atoms with E-state index in [1.165, 1.54) is 14.0 Å². The molecule has 5 nitrogen and oxygen atoms in total. The first kappa shape index (κ1) is 11.4. The fraction of sp³-hybridized carbons (Fsp3) is 0.333. The summed E-state index contributed by atoms with van der Waals surface area (Å²) in [6.45, 7) is 2.45. The van der Waals surface area contributed by atoms with Crippen molar-refractivity contribution in [2.24, 2.45) is 0 Å². The van der Waals surface area contributed by atoms with E-state index >= 15 is 0 Å². The highest BCUT2D eigenvalue weighted by molar-refractivity contribution is 5.97. The van der Waals surface area contributed by atoms with Crippen LogP contribution in [0.3, 0.4) is 0 Å². The summed E-state index contributed by atoms with van der Waals surface area (Å²) in [5.41, 5.74) is 8.31. The lowest BCUT2D eigenvalue weighted by molar-refractivity contribution is -0.129. The number of benzene rings is 1. The molecular weight excluding hydrogens is 220 g/mol. The van der Waals surface area contributed by atoms with Crippen LogP contribution in [0.4, 0.5) is 5.69 Å². The Morgan fingerprint density at radius 2 is 2.06 bits per heavy atom. The van der Waals surface area contributed by atoms with Crippen LogP contribution in [-0.4, -0.2) is 23.9 Å². The number of nitrogen functional groups attached to an aromatic ring is 1. The topological polar surface area (TPSA) is 72.6 Å². The monoisotopic (exact) mass is 234 g/mol. The Bertz CT molecular complexity index is 497. The number of carbonyl (C=O) groups excluding carboxylic acids is 2. The number of carbonyl (C=O) groups is 2. The van der Waals surface area contributed by atoms with Crippen LogP contribution >= 0.6 is 0 Å². The fourth-order valence-corrected chi connectivity index (χ4v) is 2.06. The predicted molar refractivity (Wildman–Crippen MR) is 62.1 cm³/mol. The van der Waals surface area contributed by atoms with Crippen molar-refractivity contribution in [3.05, 3.63) is 28.8 Å². The van der Waals surface area contributed by atoms with Gasteiger partial charge in [0.15, 0.2) is 0 Å². The molecule has 0 spiro atoms. The summed E-state index contributed by atoms with van der Waals surface area (Å²) in [6, 6.07) is 3.52. The van der Waals surface area contributed by atoms with Gasteiger partial charge in [-0.1, -0.05) is 6.07 Å². The van der Waals surface area contributed by atoms with Crippen LogP contribution in [0.15, 0.2) is 12.1 Å². The summed E-state index contributed by atoms with van der Waals surface area (Å²) in [5.74, 6) is -0.472. The highest BCUT2D eigenvalue weighted by Crippen LogP contribution is 2.30. The molecule has 1 aromatic carbocycles. The van der Waals surface area contributed by atoms with Crippen LogP contribution in [0, 0.1) is 0 Å². The smallest absolute Gasteiger partial charge is 0.340 e. The van der Waals surface area contributed by atoms with Gasteiger partial charge in [-0.05, 0) is 17.2 Å². The molecule has 1 amide bonds. The number of nitrogens with zero attached hydrogens (tertiary/aromatic N) is 1. The molecule has 0 radical (unpaired) electrons. The van der Waals surface area contributed by atoms with Crippen molar-refractivity contribution < 1.29 is 14.3 Å². The zero-order valence-corrected chi connectivity index (χ0v) is 9.82. The molecule has 0 saturated heterocycles. The number of hydrogen-bond donors (Lipinski definition) is 1. The first-order valence-electron chi connectivity index (χ1n) is 5.28. The van der Waals surface area contributed by atoms with E-state index in [9.17, 15) is 9.59 Å². The van der Waals surface area contributed by atoms with Crippen LogP contribution in [0.2, 0.25) is 0 Å². The van der Waals surface area contributed by atoms with Gasteiger partial charge in [0.1, 0.15) is 0 Å². The van der Waals surface area contributed by atoms with Gasteiger partial charge in [0.25, 0.3) is 0 Å². The Labute approximate surface area is 99.2 Å². The quantitative estimate of drug-likeness (QED) is 0.579. The molecule has 0 fully saturated rings. The number of rotatable bonds is 1. The molecule has 1 heterocycles. The maximum atomic E-state index is 11.7. The number of methoxy groups -OCH3 is 1. The maximum Gasteiger partial charge on any atom is 0.340 e. The Hall–Kier alpha value is -2.04. The molecule has 2 N–H and O–H groups in total. The van der Waals surface area contributed by atoms with E-state index in [0.29, 0.717) is 24.3 Å². The standard InChI is InChI=1S/C12H14N2O3/c1-7(15)14-5-8-3-4-10(13)11(9(8)6-14)12(16)17-2/h3-4H,5-6,13H2,1-2H3. The number of anilines is 1. The van der Waals surface area contributed by atoms with E-state index in [1.807, 2.05) is 6.07 Å². The predicted octanol–water partition coefficient (Wildman–Crippen LogP) is 0.918. The average Bonchev–Trinajstić information content (AvgIpc) is 2.72. The van der Waals surface area contributed by atoms with Crippen molar-refractivity contribution in [2.45, 2.75) is 20.0 Å². The number of fused-ring (bicyclic) bond motifs is 1. The zero-order chi connectivity index (χ0) is 12.6. The van der Waals surface area contributed by atoms with Crippen molar-refractivity contribution in [1.82, 2.24) is 4.90 Å². The van der Waals surface area contributed by atoms with E-state index < -0.39 is 5.97 Å². The van der Waals surface area contributed by atoms with Gasteiger partial charge in [0, 0.05) is 25.7 Å². The Morgan fingerprint density at radius 1 is 1.35 bits per heavy atom. The zero-order valence-electron chi connectivity index (χ0n) is 9.82. The highest BCUT2D eigenvalue weighted by atomic mass is 16.5. The minimum atomic E-state index is -0.454. The normalized spacial score (nSPS) is 13.4. The molecule has 0 aliphatic carbocycles. The molecule has 1 aliphatic rings. The second-order valence-corrected chi connectivity index (χ2v) is 4.03. The minimum absolute atomic E-state index is 0.0180. The SMILES string of the molecule is COC(=O)c1c(N)ccc2c1CN(C(C)=O)C2. The lowest BCUT2D eigenvalue weighted by Crippen LogP contribution is -2.22. The molecule has 5 heteroatoms. The number of hydrogen-bond acceptors (Lipinski definition) is 4. The third-order valence-corrected chi connectivity index (χ3v) is 2.99. The van der Waals surface area contributed by atoms with Crippen LogP contribution in [0.1, 0.15) is 28.4 Å². The van der Waals surface area contributed by atoms with Gasteiger partial charge in [-0.25, -0.2) is 4.79 Å². The number of esters is 1. The van der Waals surface area contributed by atoms with Gasteiger partial charge in [0.05, 0.1) is 12.7 Å². The van der Waals surface area contributed by atoms with E-state index in [4.69, 9.17) is 10.5 Å². The third kappa shape index (κ3) is 1.84. The largest absolute Gasteiger partial charge is 0.465 e.